The molecule has 0 aliphatic carbocycles. The molecule has 1 N–H and O–H groups in total. The Hall–Kier alpha value is -1.17. The van der Waals surface area contributed by atoms with Crippen LogP contribution in [0, 0.1) is 0 Å². The molecule has 4 nitrogen and oxygen atoms in total. The predicted molar refractivity (Wildman–Crippen MR) is 98.0 cm³/mol. The molecule has 0 fully saturated rings. The number of rotatable bonds is 7. The molecule has 0 amide bonds. The molecule has 0 bridgehead atoms. The third kappa shape index (κ3) is 4.22. The molecule has 0 saturated carbocycles. The molecule has 0 radical (unpaired) electrons. The van der Waals surface area contributed by atoms with Gasteiger partial charge >= 0.3 is 0 Å². The summed E-state index contributed by atoms with van der Waals surface area (Å²) in [5.41, 5.74) is 2.10. The summed E-state index contributed by atoms with van der Waals surface area (Å²) in [6.07, 6.45) is 5.75. The van der Waals surface area contributed by atoms with Crippen molar-refractivity contribution in [3.05, 3.63) is 30.2 Å². The van der Waals surface area contributed by atoms with E-state index in [0.717, 1.165) is 42.6 Å². The average molecular weight is 335 g/mol. The fourth-order valence-corrected chi connectivity index (χ4v) is 3.57. The highest BCUT2D eigenvalue weighted by Gasteiger charge is 2.36. The quantitative estimate of drug-likeness (QED) is 0.605. The number of pyridine rings is 1. The van der Waals surface area contributed by atoms with Crippen molar-refractivity contribution in [2.75, 3.05) is 6.61 Å². The van der Waals surface area contributed by atoms with Gasteiger partial charge in [-0.3, -0.25) is 4.98 Å². The standard InChI is InChI=1S/C18H30N2O2Si/c1-18(2,3)23(4,5)22-11-7-6-10-20-16(14-21)12-15-13-19-9-8-17(15)20/h8-9,12-13,21H,6-7,10-11,14H2,1-5H3. The lowest BCUT2D eigenvalue weighted by Crippen LogP contribution is -2.40. The second-order valence-corrected chi connectivity index (χ2v) is 12.5. The fraction of sp³-hybridized carbons (Fsp3) is 0.611. The van der Waals surface area contributed by atoms with Gasteiger partial charge in [0.25, 0.3) is 0 Å². The van der Waals surface area contributed by atoms with Crippen molar-refractivity contribution in [1.82, 2.24) is 9.55 Å². The molecule has 2 aromatic rings. The lowest BCUT2D eigenvalue weighted by molar-refractivity contribution is 0.265. The Labute approximate surface area is 140 Å². The first-order valence-electron chi connectivity index (χ1n) is 8.43. The summed E-state index contributed by atoms with van der Waals surface area (Å²) in [5, 5.41) is 10.9. The van der Waals surface area contributed by atoms with Crippen LogP contribution in [0.5, 0.6) is 0 Å². The van der Waals surface area contributed by atoms with E-state index in [-0.39, 0.29) is 11.6 Å². The topological polar surface area (TPSA) is 47.3 Å². The van der Waals surface area contributed by atoms with Crippen LogP contribution in [0.25, 0.3) is 10.9 Å². The van der Waals surface area contributed by atoms with E-state index in [0.29, 0.717) is 0 Å². The highest BCUT2D eigenvalue weighted by Crippen LogP contribution is 2.36. The molecule has 0 aliphatic heterocycles. The molecule has 0 unspecified atom stereocenters. The molecule has 0 aromatic carbocycles. The van der Waals surface area contributed by atoms with Crippen LogP contribution < -0.4 is 0 Å². The largest absolute Gasteiger partial charge is 0.417 e. The van der Waals surface area contributed by atoms with Crippen molar-refractivity contribution in [2.45, 2.75) is 64.9 Å². The van der Waals surface area contributed by atoms with Crippen LogP contribution in [0.3, 0.4) is 0 Å². The monoisotopic (exact) mass is 334 g/mol. The van der Waals surface area contributed by atoms with Gasteiger partial charge in [-0.05, 0) is 43.1 Å². The first kappa shape index (κ1) is 18.2. The van der Waals surface area contributed by atoms with Crippen molar-refractivity contribution >= 4 is 19.2 Å². The normalized spacial score (nSPS) is 13.0. The van der Waals surface area contributed by atoms with E-state index in [1.54, 1.807) is 6.20 Å². The van der Waals surface area contributed by atoms with E-state index in [1.807, 2.05) is 18.3 Å². The lowest BCUT2D eigenvalue weighted by atomic mass is 10.2. The van der Waals surface area contributed by atoms with Crippen molar-refractivity contribution < 1.29 is 9.53 Å². The summed E-state index contributed by atoms with van der Waals surface area (Å²) in [4.78, 5) is 4.15. The number of aryl methyl sites for hydroxylation is 1. The van der Waals surface area contributed by atoms with Gasteiger partial charge in [0, 0.05) is 36.6 Å². The van der Waals surface area contributed by atoms with Crippen molar-refractivity contribution in [2.24, 2.45) is 0 Å². The number of aliphatic hydroxyl groups excluding tert-OH is 1. The first-order chi connectivity index (χ1) is 10.8. The summed E-state index contributed by atoms with van der Waals surface area (Å²) in [6.45, 7) is 13.2. The maximum absolute atomic E-state index is 9.56. The molecule has 0 atom stereocenters. The van der Waals surface area contributed by atoms with Crippen LogP contribution in [0.15, 0.2) is 24.5 Å². The number of hydrogen-bond acceptors (Lipinski definition) is 3. The number of aromatic nitrogens is 2. The van der Waals surface area contributed by atoms with E-state index >= 15 is 0 Å². The Morgan fingerprint density at radius 3 is 2.65 bits per heavy atom. The number of unbranched alkanes of at least 4 members (excludes halogenated alkanes) is 1. The van der Waals surface area contributed by atoms with Crippen LogP contribution >= 0.6 is 0 Å². The highest BCUT2D eigenvalue weighted by atomic mass is 28.4. The maximum Gasteiger partial charge on any atom is 0.191 e. The molecule has 0 saturated heterocycles. The molecule has 2 heterocycles. The molecule has 0 aliphatic rings. The van der Waals surface area contributed by atoms with Crippen molar-refractivity contribution in [1.29, 1.82) is 0 Å². The fourth-order valence-electron chi connectivity index (χ4n) is 2.48. The molecule has 2 rings (SSSR count). The van der Waals surface area contributed by atoms with Gasteiger partial charge in [-0.1, -0.05) is 20.8 Å². The zero-order chi connectivity index (χ0) is 17.1. The second kappa shape index (κ2) is 7.15. The summed E-state index contributed by atoms with van der Waals surface area (Å²) < 4.78 is 8.43. The second-order valence-electron chi connectivity index (χ2n) is 7.70. The van der Waals surface area contributed by atoms with Crippen LogP contribution in [-0.2, 0) is 17.6 Å². The van der Waals surface area contributed by atoms with Crippen LogP contribution in [0.4, 0.5) is 0 Å². The van der Waals surface area contributed by atoms with Gasteiger partial charge in [0.15, 0.2) is 8.32 Å². The van der Waals surface area contributed by atoms with E-state index in [9.17, 15) is 5.11 Å². The van der Waals surface area contributed by atoms with Gasteiger partial charge in [0.1, 0.15) is 0 Å². The molecule has 128 valence electrons. The van der Waals surface area contributed by atoms with Crippen LogP contribution in [-0.4, -0.2) is 29.6 Å². The molecular weight excluding hydrogens is 304 g/mol. The van der Waals surface area contributed by atoms with Gasteiger partial charge in [-0.25, -0.2) is 0 Å². The Morgan fingerprint density at radius 1 is 1.26 bits per heavy atom. The Balaban J connectivity index is 1.90. The van der Waals surface area contributed by atoms with Crippen molar-refractivity contribution in [3.63, 3.8) is 0 Å². The smallest absolute Gasteiger partial charge is 0.191 e. The Morgan fingerprint density at radius 2 is 2.00 bits per heavy atom. The van der Waals surface area contributed by atoms with Gasteiger partial charge in [0.2, 0.25) is 0 Å². The minimum absolute atomic E-state index is 0.0646. The first-order valence-corrected chi connectivity index (χ1v) is 11.3. The maximum atomic E-state index is 9.56. The van der Waals surface area contributed by atoms with Gasteiger partial charge in [-0.15, -0.1) is 0 Å². The van der Waals surface area contributed by atoms with Crippen LogP contribution in [0.2, 0.25) is 18.1 Å². The zero-order valence-corrected chi connectivity index (χ0v) is 16.1. The molecule has 0 spiro atoms. The minimum Gasteiger partial charge on any atom is -0.417 e. The molecule has 5 heteroatoms. The average Bonchev–Trinajstić information content (AvgIpc) is 2.83. The lowest BCUT2D eigenvalue weighted by Gasteiger charge is -2.36. The number of aliphatic hydroxyl groups is 1. The third-order valence-electron chi connectivity index (χ3n) is 4.99. The molecule has 23 heavy (non-hydrogen) atoms. The van der Waals surface area contributed by atoms with Crippen molar-refractivity contribution in [3.8, 4) is 0 Å². The highest BCUT2D eigenvalue weighted by molar-refractivity contribution is 6.74. The van der Waals surface area contributed by atoms with E-state index in [1.165, 1.54) is 0 Å². The van der Waals surface area contributed by atoms with Gasteiger partial charge < -0.3 is 14.1 Å². The van der Waals surface area contributed by atoms with E-state index in [2.05, 4.69) is 43.4 Å². The van der Waals surface area contributed by atoms with Gasteiger partial charge in [-0.2, -0.15) is 0 Å². The van der Waals surface area contributed by atoms with E-state index in [4.69, 9.17) is 4.43 Å². The number of nitrogens with zero attached hydrogens (tertiary/aromatic N) is 2. The summed E-state index contributed by atoms with van der Waals surface area (Å²) in [7, 11) is -1.64. The van der Waals surface area contributed by atoms with E-state index < -0.39 is 8.32 Å². The third-order valence-corrected chi connectivity index (χ3v) is 9.53. The summed E-state index contributed by atoms with van der Waals surface area (Å²) in [6, 6.07) is 4.04. The Bertz CT molecular complexity index is 644. The zero-order valence-electron chi connectivity index (χ0n) is 15.1. The van der Waals surface area contributed by atoms with Gasteiger partial charge in [0.05, 0.1) is 12.1 Å². The number of fused-ring (bicyclic) bond motifs is 1. The summed E-state index contributed by atoms with van der Waals surface area (Å²) >= 11 is 0. The number of hydrogen-bond donors (Lipinski definition) is 1. The van der Waals surface area contributed by atoms with Crippen LogP contribution in [0.1, 0.15) is 39.3 Å². The summed E-state index contributed by atoms with van der Waals surface area (Å²) in [5.74, 6) is 0. The molecule has 2 aromatic heterocycles. The molecular formula is C18H30N2O2Si. The SMILES string of the molecule is CC(C)(C)[Si](C)(C)OCCCCn1c(CO)cc2cnccc21. The minimum atomic E-state index is -1.64. The Kier molecular flexibility index (Phi) is 5.65. The predicted octanol–water partition coefficient (Wildman–Crippen LogP) is 4.33.